The van der Waals surface area contributed by atoms with E-state index < -0.39 is 35.0 Å². The Hall–Kier alpha value is -2.42. The van der Waals surface area contributed by atoms with Gasteiger partial charge in [0.15, 0.2) is 17.1 Å². The van der Waals surface area contributed by atoms with Gasteiger partial charge in [-0.1, -0.05) is 35.1 Å². The summed E-state index contributed by atoms with van der Waals surface area (Å²) in [7, 11) is 0. The fraction of sp³-hybridized carbons (Fsp3) is 0.200. The molecule has 1 aliphatic heterocycles. The molecule has 0 amide bonds. The number of alkyl halides is 3. The molecule has 1 aliphatic rings. The highest BCUT2D eigenvalue weighted by atomic mass is 127. The molecule has 3 aromatic rings. The molecule has 202 valence electrons. The molecular weight excluding hydrogens is 785 g/mol. The first-order chi connectivity index (χ1) is 18.5. The van der Waals surface area contributed by atoms with Gasteiger partial charge in [-0.15, -0.1) is 0 Å². The molecule has 0 unspecified atom stereocenters. The van der Waals surface area contributed by atoms with Crippen LogP contribution in [0.15, 0.2) is 57.5 Å². The summed E-state index contributed by atoms with van der Waals surface area (Å²) in [5.74, 6) is -0.886. The van der Waals surface area contributed by atoms with E-state index in [2.05, 4.69) is 27.6 Å². The van der Waals surface area contributed by atoms with Crippen LogP contribution in [0.3, 0.4) is 0 Å². The molecule has 4 rings (SSSR count). The number of halogens is 6. The lowest BCUT2D eigenvalue weighted by Crippen LogP contribution is -2.41. The second kappa shape index (κ2) is 12.0. The number of nitriles is 1. The number of hydrogen-bond donors (Lipinski definition) is 0. The van der Waals surface area contributed by atoms with Crippen molar-refractivity contribution in [3.8, 4) is 11.8 Å². The number of hydrogen-bond acceptors (Lipinski definition) is 7. The zero-order chi connectivity index (χ0) is 28.5. The highest BCUT2D eigenvalue weighted by molar-refractivity contribution is 14.1. The normalized spacial score (nSPS) is 15.4. The maximum absolute atomic E-state index is 14.2. The molecular formula is C25H15ClF3I2N3O4S. The molecule has 0 fully saturated rings. The minimum absolute atomic E-state index is 0.0546. The second-order valence-electron chi connectivity index (χ2n) is 7.87. The van der Waals surface area contributed by atoms with Gasteiger partial charge in [0.1, 0.15) is 11.8 Å². The Bertz CT molecular complexity index is 1710. The smallest absolute Gasteiger partial charge is 0.434 e. The van der Waals surface area contributed by atoms with E-state index in [-0.39, 0.29) is 28.1 Å². The van der Waals surface area contributed by atoms with Crippen molar-refractivity contribution in [3.63, 3.8) is 0 Å². The predicted molar refractivity (Wildman–Crippen MR) is 155 cm³/mol. The molecule has 0 bridgehead atoms. The SMILES string of the molecule is CCOC(=O)C1=C(C(F)(F)F)N=c2s/c(=C\c3cc(I)cc(I)c3OCC#N)c(=O)n2[C@H]1c1ccc(Cl)cc1. The number of thiazole rings is 1. The summed E-state index contributed by atoms with van der Waals surface area (Å²) < 4.78 is 55.8. The molecule has 0 N–H and O–H groups in total. The van der Waals surface area contributed by atoms with Crippen LogP contribution < -0.4 is 19.6 Å². The number of carbonyl (C=O) groups excluding carboxylic acids is 1. The van der Waals surface area contributed by atoms with Gasteiger partial charge in [0, 0.05) is 14.2 Å². The maximum atomic E-state index is 14.2. The van der Waals surface area contributed by atoms with Gasteiger partial charge < -0.3 is 9.47 Å². The van der Waals surface area contributed by atoms with E-state index in [1.54, 1.807) is 6.07 Å². The van der Waals surface area contributed by atoms with Crippen LogP contribution in [-0.4, -0.2) is 29.9 Å². The van der Waals surface area contributed by atoms with Crippen LogP contribution in [-0.2, 0) is 9.53 Å². The fourth-order valence-electron chi connectivity index (χ4n) is 3.89. The third-order valence-corrected chi connectivity index (χ3v) is 8.04. The predicted octanol–water partition coefficient (Wildman–Crippen LogP) is 5.11. The van der Waals surface area contributed by atoms with Crippen LogP contribution in [0.25, 0.3) is 6.08 Å². The summed E-state index contributed by atoms with van der Waals surface area (Å²) in [5.41, 5.74) is -2.23. The average molecular weight is 800 g/mol. The van der Waals surface area contributed by atoms with Crippen molar-refractivity contribution in [2.24, 2.45) is 4.99 Å². The summed E-state index contributed by atoms with van der Waals surface area (Å²) in [6, 6.07) is 9.74. The van der Waals surface area contributed by atoms with Crippen molar-refractivity contribution in [1.82, 2.24) is 4.57 Å². The summed E-state index contributed by atoms with van der Waals surface area (Å²) in [6.07, 6.45) is -3.53. The zero-order valence-corrected chi connectivity index (χ0v) is 25.6. The number of allylic oxidation sites excluding steroid dienone is 1. The van der Waals surface area contributed by atoms with Gasteiger partial charge in [-0.25, -0.2) is 9.79 Å². The highest BCUT2D eigenvalue weighted by Gasteiger charge is 2.45. The summed E-state index contributed by atoms with van der Waals surface area (Å²) in [5, 5.41) is 9.29. The molecule has 1 atom stereocenters. The molecule has 0 saturated carbocycles. The van der Waals surface area contributed by atoms with Gasteiger partial charge in [-0.3, -0.25) is 9.36 Å². The fourth-order valence-corrected chi connectivity index (χ4v) is 7.05. The van der Waals surface area contributed by atoms with Gasteiger partial charge in [0.05, 0.1) is 26.3 Å². The molecule has 0 saturated heterocycles. The molecule has 0 spiro atoms. The molecule has 2 heterocycles. The first kappa shape index (κ1) is 29.6. The van der Waals surface area contributed by atoms with E-state index in [9.17, 15) is 22.8 Å². The molecule has 2 aromatic carbocycles. The van der Waals surface area contributed by atoms with Crippen LogP contribution in [0.2, 0.25) is 5.02 Å². The zero-order valence-electron chi connectivity index (χ0n) is 19.7. The maximum Gasteiger partial charge on any atom is 0.434 e. The Kier molecular flexibility index (Phi) is 9.08. The lowest BCUT2D eigenvalue weighted by Gasteiger charge is -2.26. The van der Waals surface area contributed by atoms with Crippen molar-refractivity contribution in [3.05, 3.63) is 90.6 Å². The summed E-state index contributed by atoms with van der Waals surface area (Å²) in [6.45, 7) is 1.04. The first-order valence-electron chi connectivity index (χ1n) is 11.0. The summed E-state index contributed by atoms with van der Waals surface area (Å²) in [4.78, 5) is 30.2. The van der Waals surface area contributed by atoms with Gasteiger partial charge in [0.2, 0.25) is 0 Å². The number of esters is 1. The van der Waals surface area contributed by atoms with Crippen molar-refractivity contribution >= 4 is 80.2 Å². The highest BCUT2D eigenvalue weighted by Crippen LogP contribution is 2.38. The van der Waals surface area contributed by atoms with Crippen LogP contribution in [0.1, 0.15) is 24.1 Å². The Morgan fingerprint density at radius 1 is 1.28 bits per heavy atom. The minimum Gasteiger partial charge on any atom is -0.477 e. The van der Waals surface area contributed by atoms with Gasteiger partial charge in [-0.05, 0) is 88.0 Å². The number of aromatic nitrogens is 1. The number of rotatable bonds is 6. The quantitative estimate of drug-likeness (QED) is 0.256. The molecule has 39 heavy (non-hydrogen) atoms. The Morgan fingerprint density at radius 2 is 1.97 bits per heavy atom. The minimum atomic E-state index is -5.01. The van der Waals surface area contributed by atoms with E-state index in [1.807, 2.05) is 34.7 Å². The molecule has 0 radical (unpaired) electrons. The number of benzene rings is 2. The van der Waals surface area contributed by atoms with Gasteiger partial charge in [-0.2, -0.15) is 18.4 Å². The number of ether oxygens (including phenoxy) is 2. The van der Waals surface area contributed by atoms with Crippen molar-refractivity contribution in [1.29, 1.82) is 5.26 Å². The lowest BCUT2D eigenvalue weighted by atomic mass is 9.95. The second-order valence-corrected chi connectivity index (χ2v) is 11.7. The third kappa shape index (κ3) is 6.18. The number of nitrogens with zero attached hydrogens (tertiary/aromatic N) is 3. The van der Waals surface area contributed by atoms with Gasteiger partial charge >= 0.3 is 12.1 Å². The average Bonchev–Trinajstić information content (AvgIpc) is 3.17. The van der Waals surface area contributed by atoms with Gasteiger partial charge in [0.25, 0.3) is 5.56 Å². The molecule has 7 nitrogen and oxygen atoms in total. The molecule has 1 aromatic heterocycles. The third-order valence-electron chi connectivity index (χ3n) is 5.39. The summed E-state index contributed by atoms with van der Waals surface area (Å²) >= 11 is 10.8. The van der Waals surface area contributed by atoms with Crippen LogP contribution >= 0.6 is 68.1 Å². The monoisotopic (exact) mass is 799 g/mol. The Balaban J connectivity index is 2.05. The largest absolute Gasteiger partial charge is 0.477 e. The Morgan fingerprint density at radius 3 is 2.59 bits per heavy atom. The standard InChI is InChI=1S/C25H15ClF3I2N3O4S/c1-2-37-23(36)18-19(12-3-5-14(26)6-4-12)34-22(35)17(39-24(34)33-21(18)25(27,28)29)10-13-9-15(30)11-16(31)20(13)38-8-7-32/h3-6,9-11,19H,2,8H2,1H3/b17-10-/t19-/m0/s1. The van der Waals surface area contributed by atoms with E-state index in [4.69, 9.17) is 26.3 Å². The van der Waals surface area contributed by atoms with Crippen LogP contribution in [0.5, 0.6) is 5.75 Å². The van der Waals surface area contributed by atoms with Crippen LogP contribution in [0.4, 0.5) is 13.2 Å². The Labute approximate surface area is 255 Å². The van der Waals surface area contributed by atoms with E-state index >= 15 is 0 Å². The molecule has 0 aliphatic carbocycles. The van der Waals surface area contributed by atoms with Crippen molar-refractivity contribution < 1.29 is 27.4 Å². The van der Waals surface area contributed by atoms with E-state index in [1.165, 1.54) is 37.3 Å². The number of carbonyl (C=O) groups is 1. The van der Waals surface area contributed by atoms with E-state index in [0.29, 0.717) is 19.9 Å². The lowest BCUT2D eigenvalue weighted by molar-refractivity contribution is -0.140. The first-order valence-corrected chi connectivity index (χ1v) is 14.4. The van der Waals surface area contributed by atoms with Crippen molar-refractivity contribution in [2.45, 2.75) is 19.1 Å². The number of fused-ring (bicyclic) bond motifs is 1. The topological polar surface area (TPSA) is 93.7 Å². The van der Waals surface area contributed by atoms with E-state index in [0.717, 1.165) is 19.5 Å². The van der Waals surface area contributed by atoms with Crippen molar-refractivity contribution in [2.75, 3.05) is 13.2 Å². The molecule has 14 heteroatoms. The van der Waals surface area contributed by atoms with Crippen LogP contribution in [0, 0.1) is 18.5 Å².